The number of amides is 1. The number of hydrogen-bond acceptors (Lipinski definition) is 5. The van der Waals surface area contributed by atoms with Crippen molar-refractivity contribution in [3.8, 4) is 5.75 Å². The molecule has 0 saturated carbocycles. The fraction of sp³-hybridized carbons (Fsp3) is 0.118. The van der Waals surface area contributed by atoms with Crippen molar-refractivity contribution in [2.24, 2.45) is 0 Å². The lowest BCUT2D eigenvalue weighted by Gasteiger charge is -2.10. The van der Waals surface area contributed by atoms with Crippen molar-refractivity contribution in [2.75, 3.05) is 6.61 Å². The van der Waals surface area contributed by atoms with Crippen LogP contribution in [0.15, 0.2) is 42.5 Å². The average Bonchev–Trinajstić information content (AvgIpc) is 3.01. The first kappa shape index (κ1) is 16.8. The molecule has 0 radical (unpaired) electrons. The summed E-state index contributed by atoms with van der Waals surface area (Å²) in [5, 5.41) is 12.1. The van der Waals surface area contributed by atoms with Crippen LogP contribution in [0.4, 0.5) is 4.39 Å². The molecule has 0 aliphatic rings. The molecular formula is C17H13FN2O4S. The molecule has 3 rings (SSSR count). The summed E-state index contributed by atoms with van der Waals surface area (Å²) in [6.07, 6.45) is 0. The van der Waals surface area contributed by atoms with Crippen LogP contribution >= 0.6 is 11.3 Å². The van der Waals surface area contributed by atoms with Gasteiger partial charge in [-0.3, -0.25) is 4.79 Å². The highest BCUT2D eigenvalue weighted by Crippen LogP contribution is 2.23. The van der Waals surface area contributed by atoms with Gasteiger partial charge in [-0.25, -0.2) is 14.2 Å². The van der Waals surface area contributed by atoms with E-state index in [9.17, 15) is 14.0 Å². The van der Waals surface area contributed by atoms with Gasteiger partial charge in [-0.2, -0.15) is 0 Å². The van der Waals surface area contributed by atoms with E-state index in [0.717, 1.165) is 27.4 Å². The molecule has 6 nitrogen and oxygen atoms in total. The van der Waals surface area contributed by atoms with Crippen molar-refractivity contribution in [1.82, 2.24) is 10.3 Å². The van der Waals surface area contributed by atoms with E-state index in [-0.39, 0.29) is 17.9 Å². The molecule has 2 N–H and O–H groups in total. The second-order valence-electron chi connectivity index (χ2n) is 5.08. The molecule has 25 heavy (non-hydrogen) atoms. The molecule has 2 aromatic carbocycles. The second-order valence-corrected chi connectivity index (χ2v) is 6.20. The number of carboxylic acid groups (broad SMARTS) is 1. The molecular weight excluding hydrogens is 347 g/mol. The molecule has 0 unspecified atom stereocenters. The van der Waals surface area contributed by atoms with Gasteiger partial charge in [0.05, 0.1) is 22.3 Å². The Labute approximate surface area is 145 Å². The third-order valence-electron chi connectivity index (χ3n) is 3.28. The Morgan fingerprint density at radius 1 is 1.24 bits per heavy atom. The van der Waals surface area contributed by atoms with Crippen LogP contribution in [0.1, 0.15) is 15.4 Å². The first-order chi connectivity index (χ1) is 12.0. The van der Waals surface area contributed by atoms with E-state index in [4.69, 9.17) is 9.84 Å². The van der Waals surface area contributed by atoms with E-state index < -0.39 is 24.3 Å². The monoisotopic (exact) mass is 360 g/mol. The quantitative estimate of drug-likeness (QED) is 0.706. The predicted molar refractivity (Wildman–Crippen MR) is 90.3 cm³/mol. The second kappa shape index (κ2) is 7.27. The number of aliphatic carboxylic acids is 1. The van der Waals surface area contributed by atoms with Crippen molar-refractivity contribution in [3.63, 3.8) is 0 Å². The largest absolute Gasteiger partial charge is 0.481 e. The molecule has 1 heterocycles. The minimum atomic E-state index is -1.22. The van der Waals surface area contributed by atoms with E-state index >= 15 is 0 Å². The van der Waals surface area contributed by atoms with E-state index in [1.54, 1.807) is 0 Å². The fourth-order valence-electron chi connectivity index (χ4n) is 2.19. The summed E-state index contributed by atoms with van der Waals surface area (Å²) in [5.74, 6) is -2.46. The highest BCUT2D eigenvalue weighted by molar-refractivity contribution is 7.18. The van der Waals surface area contributed by atoms with Crippen LogP contribution in [0.5, 0.6) is 5.75 Å². The zero-order valence-corrected chi connectivity index (χ0v) is 13.7. The van der Waals surface area contributed by atoms with Crippen molar-refractivity contribution in [1.29, 1.82) is 0 Å². The van der Waals surface area contributed by atoms with Crippen LogP contribution in [0.25, 0.3) is 10.2 Å². The Kier molecular flexibility index (Phi) is 4.90. The van der Waals surface area contributed by atoms with Crippen molar-refractivity contribution in [2.45, 2.75) is 6.54 Å². The zero-order chi connectivity index (χ0) is 17.8. The maximum Gasteiger partial charge on any atom is 0.341 e. The summed E-state index contributed by atoms with van der Waals surface area (Å²) in [4.78, 5) is 27.3. The van der Waals surface area contributed by atoms with Crippen molar-refractivity contribution >= 4 is 33.4 Å². The predicted octanol–water partition coefficient (Wildman–Crippen LogP) is 2.83. The van der Waals surface area contributed by atoms with E-state index in [1.807, 2.05) is 24.3 Å². The topological polar surface area (TPSA) is 88.5 Å². The van der Waals surface area contributed by atoms with Gasteiger partial charge >= 0.3 is 5.97 Å². The van der Waals surface area contributed by atoms with Crippen LogP contribution in [0.3, 0.4) is 0 Å². The first-order valence-electron chi connectivity index (χ1n) is 7.30. The average molecular weight is 360 g/mol. The maximum atomic E-state index is 13.3. The minimum absolute atomic E-state index is 0.0590. The van der Waals surface area contributed by atoms with Crippen LogP contribution in [0.2, 0.25) is 0 Å². The van der Waals surface area contributed by atoms with Crippen molar-refractivity contribution < 1.29 is 23.8 Å². The Morgan fingerprint density at radius 3 is 2.80 bits per heavy atom. The Hall–Kier alpha value is -3.00. The molecule has 128 valence electrons. The molecule has 0 aliphatic heterocycles. The van der Waals surface area contributed by atoms with Crippen LogP contribution in [0, 0.1) is 5.82 Å². The number of nitrogens with one attached hydrogen (secondary N) is 1. The lowest BCUT2D eigenvalue weighted by molar-refractivity contribution is -0.139. The third-order valence-corrected chi connectivity index (χ3v) is 4.31. The Balaban J connectivity index is 1.73. The fourth-order valence-corrected chi connectivity index (χ4v) is 3.10. The minimum Gasteiger partial charge on any atom is -0.481 e. The van der Waals surface area contributed by atoms with Crippen LogP contribution in [-0.4, -0.2) is 28.6 Å². The standard InChI is InChI=1S/C17H13FN2O4S/c18-10-5-6-11(13(7-10)24-9-16(21)22)17(23)19-8-15-20-12-3-1-2-4-14(12)25-15/h1-7H,8-9H2,(H,19,23)(H,21,22). The van der Waals surface area contributed by atoms with E-state index in [2.05, 4.69) is 10.3 Å². The van der Waals surface area contributed by atoms with Crippen LogP contribution < -0.4 is 10.1 Å². The summed E-state index contributed by atoms with van der Waals surface area (Å²) in [6.45, 7) is -0.463. The molecule has 0 spiro atoms. The number of halogens is 1. The number of ether oxygens (including phenoxy) is 1. The van der Waals surface area contributed by atoms with Gasteiger partial charge in [0.25, 0.3) is 5.91 Å². The molecule has 3 aromatic rings. The van der Waals surface area contributed by atoms with E-state index in [0.29, 0.717) is 0 Å². The number of carboxylic acids is 1. The lowest BCUT2D eigenvalue weighted by Crippen LogP contribution is -2.24. The Morgan fingerprint density at radius 2 is 2.04 bits per heavy atom. The van der Waals surface area contributed by atoms with Crippen molar-refractivity contribution in [3.05, 3.63) is 58.9 Å². The number of benzene rings is 2. The van der Waals surface area contributed by atoms with Gasteiger partial charge in [0, 0.05) is 6.07 Å². The Bertz CT molecular complexity index is 908. The highest BCUT2D eigenvalue weighted by Gasteiger charge is 2.15. The first-order valence-corrected chi connectivity index (χ1v) is 8.11. The van der Waals surface area contributed by atoms with Gasteiger partial charge in [0.2, 0.25) is 0 Å². The number of hydrogen-bond donors (Lipinski definition) is 2. The SMILES string of the molecule is O=C(O)COc1cc(F)ccc1C(=O)NCc1nc2ccccc2s1. The molecule has 0 saturated heterocycles. The highest BCUT2D eigenvalue weighted by atomic mass is 32.1. The number of carbonyl (C=O) groups is 2. The number of nitrogens with zero attached hydrogens (tertiary/aromatic N) is 1. The summed E-state index contributed by atoms with van der Waals surface area (Å²) in [7, 11) is 0. The molecule has 0 fully saturated rings. The zero-order valence-electron chi connectivity index (χ0n) is 12.9. The van der Waals surface area contributed by atoms with Gasteiger partial charge < -0.3 is 15.2 Å². The normalized spacial score (nSPS) is 10.6. The van der Waals surface area contributed by atoms with Gasteiger partial charge in [-0.1, -0.05) is 12.1 Å². The molecule has 0 bridgehead atoms. The molecule has 1 amide bonds. The molecule has 0 atom stereocenters. The number of fused-ring (bicyclic) bond motifs is 1. The van der Waals surface area contributed by atoms with Gasteiger partial charge in [-0.15, -0.1) is 11.3 Å². The third kappa shape index (κ3) is 4.10. The van der Waals surface area contributed by atoms with Gasteiger partial charge in [0.15, 0.2) is 6.61 Å². The molecule has 1 aromatic heterocycles. The number of aromatic nitrogens is 1. The number of thiazole rings is 1. The summed E-state index contributed by atoms with van der Waals surface area (Å²) in [5.41, 5.74) is 0.910. The smallest absolute Gasteiger partial charge is 0.341 e. The number of rotatable bonds is 6. The molecule has 0 aliphatic carbocycles. The van der Waals surface area contributed by atoms with Gasteiger partial charge in [0.1, 0.15) is 16.6 Å². The maximum absolute atomic E-state index is 13.3. The van der Waals surface area contributed by atoms with Gasteiger partial charge in [-0.05, 0) is 24.3 Å². The van der Waals surface area contributed by atoms with Crippen LogP contribution in [-0.2, 0) is 11.3 Å². The summed E-state index contributed by atoms with van der Waals surface area (Å²) >= 11 is 1.46. The summed E-state index contributed by atoms with van der Waals surface area (Å²) < 4.78 is 19.3. The summed E-state index contributed by atoms with van der Waals surface area (Å²) in [6, 6.07) is 11.0. The number of carbonyl (C=O) groups excluding carboxylic acids is 1. The molecule has 8 heteroatoms. The number of para-hydroxylation sites is 1. The van der Waals surface area contributed by atoms with E-state index in [1.165, 1.54) is 17.4 Å². The lowest BCUT2D eigenvalue weighted by atomic mass is 10.2.